The number of fused-ring (bicyclic) bond motifs is 1. The van der Waals surface area contributed by atoms with E-state index in [0.717, 1.165) is 11.0 Å². The third-order valence-electron chi connectivity index (χ3n) is 4.16. The molecule has 0 aliphatic rings. The number of aromatic amines is 1. The summed E-state index contributed by atoms with van der Waals surface area (Å²) in [6, 6.07) is 17.3. The molecule has 28 heavy (non-hydrogen) atoms. The van der Waals surface area contributed by atoms with Gasteiger partial charge in [0.15, 0.2) is 0 Å². The molecule has 2 aromatic carbocycles. The number of halogens is 1. The van der Waals surface area contributed by atoms with E-state index in [4.69, 9.17) is 21.1 Å². The minimum Gasteiger partial charge on any atom is -0.478 e. The van der Waals surface area contributed by atoms with Crippen molar-refractivity contribution in [3.8, 4) is 17.4 Å². The second-order valence-corrected chi connectivity index (χ2v) is 6.38. The highest BCUT2D eigenvalue weighted by Crippen LogP contribution is 2.31. The van der Waals surface area contributed by atoms with Crippen LogP contribution in [0.15, 0.2) is 59.0 Å². The highest BCUT2D eigenvalue weighted by Gasteiger charge is 2.13. The monoisotopic (exact) mass is 389 g/mol. The number of imidazole rings is 1. The molecule has 0 atom stereocenters. The number of para-hydroxylation sites is 2. The molecule has 4 aromatic rings. The molecule has 6 nitrogen and oxygen atoms in total. The van der Waals surface area contributed by atoms with Crippen molar-refractivity contribution in [3.63, 3.8) is 0 Å². The Kier molecular flexibility index (Phi) is 4.44. The predicted octanol–water partition coefficient (Wildman–Crippen LogP) is 5.24. The second-order valence-electron chi connectivity index (χ2n) is 5.97. The van der Waals surface area contributed by atoms with Crippen molar-refractivity contribution < 1.29 is 14.3 Å². The van der Waals surface area contributed by atoms with Gasteiger partial charge >= 0.3 is 5.97 Å². The van der Waals surface area contributed by atoms with E-state index in [1.807, 2.05) is 24.3 Å². The number of allylic oxidation sites excluding steroid dienone is 1. The van der Waals surface area contributed by atoms with Crippen LogP contribution in [0.1, 0.15) is 21.9 Å². The van der Waals surface area contributed by atoms with Gasteiger partial charge in [0.2, 0.25) is 0 Å². The Hall–Kier alpha value is -3.82. The molecule has 0 aliphatic heterocycles. The first-order chi connectivity index (χ1) is 13.5. The van der Waals surface area contributed by atoms with E-state index in [1.165, 1.54) is 18.2 Å². The molecule has 0 bridgehead atoms. The molecule has 2 heterocycles. The third kappa shape index (κ3) is 3.27. The van der Waals surface area contributed by atoms with Crippen LogP contribution in [0.25, 0.3) is 34.0 Å². The molecule has 0 fully saturated rings. The number of hydrogen-bond donors (Lipinski definition) is 2. The first kappa shape index (κ1) is 17.6. The van der Waals surface area contributed by atoms with E-state index in [2.05, 4.69) is 16.0 Å². The lowest BCUT2D eigenvalue weighted by Gasteiger charge is -2.02. The number of hydrogen-bond acceptors (Lipinski definition) is 4. The Morgan fingerprint density at radius 1 is 1.21 bits per heavy atom. The normalized spacial score (nSPS) is 11.5. The fourth-order valence-corrected chi connectivity index (χ4v) is 3.01. The average molecular weight is 390 g/mol. The first-order valence-corrected chi connectivity index (χ1v) is 8.63. The third-order valence-corrected chi connectivity index (χ3v) is 4.49. The number of nitrogens with one attached hydrogen (secondary N) is 1. The number of nitriles is 1. The SMILES string of the molecule is N#C/C(=C/c1ccc(-c2cc(C(=O)O)ccc2Cl)o1)c1nc2ccccc2[nH]1. The van der Waals surface area contributed by atoms with Crippen LogP contribution in [0, 0.1) is 11.3 Å². The van der Waals surface area contributed by atoms with Crippen LogP contribution in [0.4, 0.5) is 0 Å². The number of carboxylic acid groups (broad SMARTS) is 1. The summed E-state index contributed by atoms with van der Waals surface area (Å²) in [4.78, 5) is 18.7. The Labute approximate surface area is 164 Å². The molecule has 0 amide bonds. The molecule has 0 unspecified atom stereocenters. The summed E-state index contributed by atoms with van der Waals surface area (Å²) in [6.07, 6.45) is 1.57. The lowest BCUT2D eigenvalue weighted by atomic mass is 10.1. The van der Waals surface area contributed by atoms with E-state index in [1.54, 1.807) is 18.2 Å². The van der Waals surface area contributed by atoms with Crippen LogP contribution in [0.3, 0.4) is 0 Å². The quantitative estimate of drug-likeness (QED) is 0.464. The Balaban J connectivity index is 1.71. The number of carboxylic acids is 1. The molecule has 0 spiro atoms. The standard InChI is InChI=1S/C21H12ClN3O3/c22-16-7-5-12(21(26)27)10-15(16)19-8-6-14(28-19)9-13(11-23)20-24-17-3-1-2-4-18(17)25-20/h1-10H,(H,24,25)(H,26,27)/b13-9-. The fourth-order valence-electron chi connectivity index (χ4n) is 2.80. The van der Waals surface area contributed by atoms with Crippen molar-refractivity contribution in [2.24, 2.45) is 0 Å². The lowest BCUT2D eigenvalue weighted by Crippen LogP contribution is -1.96. The van der Waals surface area contributed by atoms with Crippen LogP contribution < -0.4 is 0 Å². The molecule has 7 heteroatoms. The number of carbonyl (C=O) groups is 1. The van der Waals surface area contributed by atoms with Crippen molar-refractivity contribution in [2.45, 2.75) is 0 Å². The summed E-state index contributed by atoms with van der Waals surface area (Å²) in [5, 5.41) is 19.1. The number of aromatic nitrogens is 2. The molecule has 0 saturated carbocycles. The molecule has 0 radical (unpaired) electrons. The van der Waals surface area contributed by atoms with Crippen LogP contribution in [0.5, 0.6) is 0 Å². The maximum atomic E-state index is 11.2. The molecule has 136 valence electrons. The van der Waals surface area contributed by atoms with Crippen LogP contribution >= 0.6 is 11.6 Å². The van der Waals surface area contributed by atoms with Crippen molar-refractivity contribution >= 4 is 40.3 Å². The van der Waals surface area contributed by atoms with Gasteiger partial charge in [0.25, 0.3) is 0 Å². The number of nitrogens with zero attached hydrogens (tertiary/aromatic N) is 2. The summed E-state index contributed by atoms with van der Waals surface area (Å²) in [7, 11) is 0. The number of rotatable bonds is 4. The van der Waals surface area contributed by atoms with Gasteiger partial charge < -0.3 is 14.5 Å². The number of aromatic carboxylic acids is 1. The molecule has 0 aliphatic carbocycles. The van der Waals surface area contributed by atoms with E-state index < -0.39 is 5.97 Å². The van der Waals surface area contributed by atoms with Crippen LogP contribution in [0.2, 0.25) is 5.02 Å². The summed E-state index contributed by atoms with van der Waals surface area (Å²) >= 11 is 6.18. The van der Waals surface area contributed by atoms with E-state index in [9.17, 15) is 10.1 Å². The number of H-pyrrole nitrogens is 1. The Bertz CT molecular complexity index is 1240. The van der Waals surface area contributed by atoms with Gasteiger partial charge in [0.1, 0.15) is 23.4 Å². The minimum absolute atomic E-state index is 0.105. The Morgan fingerprint density at radius 2 is 2.04 bits per heavy atom. The second kappa shape index (κ2) is 7.06. The summed E-state index contributed by atoms with van der Waals surface area (Å²) in [5.41, 5.74) is 2.46. The summed E-state index contributed by atoms with van der Waals surface area (Å²) in [6.45, 7) is 0. The first-order valence-electron chi connectivity index (χ1n) is 8.25. The molecular weight excluding hydrogens is 378 g/mol. The largest absolute Gasteiger partial charge is 0.478 e. The highest BCUT2D eigenvalue weighted by molar-refractivity contribution is 6.33. The predicted molar refractivity (Wildman–Crippen MR) is 106 cm³/mol. The van der Waals surface area contributed by atoms with Gasteiger partial charge in [-0.2, -0.15) is 5.26 Å². The highest BCUT2D eigenvalue weighted by atomic mass is 35.5. The summed E-state index contributed by atoms with van der Waals surface area (Å²) in [5.74, 6) is 0.207. The van der Waals surface area contributed by atoms with Crippen molar-refractivity contribution in [1.29, 1.82) is 5.26 Å². The zero-order chi connectivity index (χ0) is 19.7. The van der Waals surface area contributed by atoms with Crippen molar-refractivity contribution in [3.05, 3.63) is 76.8 Å². The maximum absolute atomic E-state index is 11.2. The number of furan rings is 1. The minimum atomic E-state index is -1.05. The summed E-state index contributed by atoms with van der Waals surface area (Å²) < 4.78 is 5.77. The van der Waals surface area contributed by atoms with Crippen LogP contribution in [-0.4, -0.2) is 21.0 Å². The van der Waals surface area contributed by atoms with Gasteiger partial charge in [-0.25, -0.2) is 9.78 Å². The van der Waals surface area contributed by atoms with Crippen LogP contribution in [-0.2, 0) is 0 Å². The van der Waals surface area contributed by atoms with Gasteiger partial charge in [0.05, 0.1) is 27.2 Å². The topological polar surface area (TPSA) is 103 Å². The number of benzene rings is 2. The molecule has 2 aromatic heterocycles. The van der Waals surface area contributed by atoms with Crippen molar-refractivity contribution in [2.75, 3.05) is 0 Å². The zero-order valence-electron chi connectivity index (χ0n) is 14.3. The van der Waals surface area contributed by atoms with Gasteiger partial charge in [-0.3, -0.25) is 0 Å². The smallest absolute Gasteiger partial charge is 0.335 e. The lowest BCUT2D eigenvalue weighted by molar-refractivity contribution is 0.0697. The zero-order valence-corrected chi connectivity index (χ0v) is 15.1. The molecule has 0 saturated heterocycles. The average Bonchev–Trinajstić information content (AvgIpc) is 3.33. The molecular formula is C21H12ClN3O3. The van der Waals surface area contributed by atoms with Gasteiger partial charge in [-0.05, 0) is 42.5 Å². The van der Waals surface area contributed by atoms with Crippen molar-refractivity contribution in [1.82, 2.24) is 9.97 Å². The van der Waals surface area contributed by atoms with E-state index >= 15 is 0 Å². The molecule has 4 rings (SSSR count). The van der Waals surface area contributed by atoms with Gasteiger partial charge in [0, 0.05) is 11.6 Å². The fraction of sp³-hybridized carbons (Fsp3) is 0. The van der Waals surface area contributed by atoms with Gasteiger partial charge in [-0.1, -0.05) is 23.7 Å². The van der Waals surface area contributed by atoms with E-state index in [-0.39, 0.29) is 5.56 Å². The molecule has 2 N–H and O–H groups in total. The van der Waals surface area contributed by atoms with E-state index in [0.29, 0.717) is 33.5 Å². The van der Waals surface area contributed by atoms with Gasteiger partial charge in [-0.15, -0.1) is 0 Å². The Morgan fingerprint density at radius 3 is 2.79 bits per heavy atom. The maximum Gasteiger partial charge on any atom is 0.335 e.